The molecule has 0 spiro atoms. The third kappa shape index (κ3) is 3.45. The second kappa shape index (κ2) is 6.54. The lowest BCUT2D eigenvalue weighted by molar-refractivity contribution is 0.601. The molecule has 6 nitrogen and oxygen atoms in total. The summed E-state index contributed by atoms with van der Waals surface area (Å²) in [5.41, 5.74) is 1.66. The smallest absolute Gasteiger partial charge is 0.261 e. The fourth-order valence-corrected chi connectivity index (χ4v) is 3.68. The summed E-state index contributed by atoms with van der Waals surface area (Å²) in [6, 6.07) is 9.66. The van der Waals surface area contributed by atoms with Crippen LogP contribution in [-0.2, 0) is 10.0 Å². The van der Waals surface area contributed by atoms with Crippen LogP contribution in [-0.4, -0.2) is 23.2 Å². The van der Waals surface area contributed by atoms with Gasteiger partial charge in [0.15, 0.2) is 0 Å². The maximum absolute atomic E-state index is 12.7. The Kier molecular flexibility index (Phi) is 4.62. The van der Waals surface area contributed by atoms with E-state index in [1.165, 1.54) is 29.5 Å². The van der Waals surface area contributed by atoms with Crippen LogP contribution in [0, 0.1) is 6.92 Å². The molecule has 0 unspecified atom stereocenters. The van der Waals surface area contributed by atoms with Gasteiger partial charge in [0.1, 0.15) is 12.7 Å². The molecule has 124 valence electrons. The Hall–Kier alpha value is -1.90. The van der Waals surface area contributed by atoms with Gasteiger partial charge in [-0.25, -0.2) is 18.1 Å². The predicted octanol–water partition coefficient (Wildman–Crippen LogP) is 3.79. The molecule has 0 saturated carbocycles. The maximum atomic E-state index is 12.7. The Bertz CT molecular complexity index is 991. The number of sulfonamides is 1. The van der Waals surface area contributed by atoms with Gasteiger partial charge in [0.05, 0.1) is 16.3 Å². The summed E-state index contributed by atoms with van der Waals surface area (Å²) in [5.74, 6) is 0. The van der Waals surface area contributed by atoms with Gasteiger partial charge in [0, 0.05) is 9.50 Å². The van der Waals surface area contributed by atoms with Gasteiger partial charge in [0.25, 0.3) is 10.0 Å². The lowest BCUT2D eigenvalue weighted by Crippen LogP contribution is -2.15. The molecule has 0 fully saturated rings. The van der Waals surface area contributed by atoms with Gasteiger partial charge < -0.3 is 0 Å². The summed E-state index contributed by atoms with van der Waals surface area (Å²) in [6.07, 6.45) is 2.84. The van der Waals surface area contributed by atoms with Crippen LogP contribution in [0.15, 0.2) is 58.4 Å². The minimum absolute atomic E-state index is 0.160. The van der Waals surface area contributed by atoms with Gasteiger partial charge in [0.2, 0.25) is 0 Å². The number of nitrogens with one attached hydrogen (secondary N) is 1. The second-order valence-electron chi connectivity index (χ2n) is 5.02. The monoisotopic (exact) mass is 426 g/mol. The fraction of sp³-hybridized carbons (Fsp3) is 0.0667. The zero-order valence-electron chi connectivity index (χ0n) is 12.4. The molecule has 0 aliphatic rings. The highest BCUT2D eigenvalue weighted by Crippen LogP contribution is 2.27. The Morgan fingerprint density at radius 1 is 1.21 bits per heavy atom. The first kappa shape index (κ1) is 16.9. The van der Waals surface area contributed by atoms with E-state index in [4.69, 9.17) is 11.6 Å². The number of hydrogen-bond acceptors (Lipinski definition) is 4. The number of benzene rings is 2. The number of halogens is 2. The van der Waals surface area contributed by atoms with Crippen molar-refractivity contribution in [1.82, 2.24) is 14.8 Å². The number of nitrogens with zero attached hydrogens (tertiary/aromatic N) is 3. The van der Waals surface area contributed by atoms with E-state index in [0.717, 1.165) is 10.0 Å². The maximum Gasteiger partial charge on any atom is 0.261 e. The summed E-state index contributed by atoms with van der Waals surface area (Å²) in [5, 5.41) is 4.43. The topological polar surface area (TPSA) is 76.9 Å². The normalized spacial score (nSPS) is 11.5. The van der Waals surface area contributed by atoms with E-state index in [1.807, 2.05) is 6.92 Å². The largest absolute Gasteiger partial charge is 0.277 e. The van der Waals surface area contributed by atoms with Gasteiger partial charge >= 0.3 is 0 Å². The van der Waals surface area contributed by atoms with E-state index in [2.05, 4.69) is 30.7 Å². The summed E-state index contributed by atoms with van der Waals surface area (Å²) < 4.78 is 30.2. The number of aryl methyl sites for hydroxylation is 1. The number of hydrogen-bond donors (Lipinski definition) is 1. The molecular formula is C15H12BrClN4O2S. The first-order valence-corrected chi connectivity index (χ1v) is 9.46. The highest BCUT2D eigenvalue weighted by molar-refractivity contribution is 9.10. The molecule has 2 aromatic carbocycles. The van der Waals surface area contributed by atoms with Crippen molar-refractivity contribution < 1.29 is 8.42 Å². The Balaban J connectivity index is 2.04. The lowest BCUT2D eigenvalue weighted by Gasteiger charge is -2.13. The van der Waals surface area contributed by atoms with Gasteiger partial charge in [-0.1, -0.05) is 27.5 Å². The highest BCUT2D eigenvalue weighted by atomic mass is 79.9. The lowest BCUT2D eigenvalue weighted by atomic mass is 10.2. The Morgan fingerprint density at radius 3 is 2.67 bits per heavy atom. The summed E-state index contributed by atoms with van der Waals surface area (Å²) in [7, 11) is -3.77. The van der Waals surface area contributed by atoms with Crippen molar-refractivity contribution in [3.05, 3.63) is 64.1 Å². The van der Waals surface area contributed by atoms with Crippen molar-refractivity contribution in [3.8, 4) is 5.69 Å². The van der Waals surface area contributed by atoms with Gasteiger partial charge in [-0.3, -0.25) is 4.72 Å². The molecule has 1 heterocycles. The van der Waals surface area contributed by atoms with Crippen LogP contribution in [0.25, 0.3) is 5.69 Å². The number of rotatable bonds is 4. The molecule has 0 bridgehead atoms. The van der Waals surface area contributed by atoms with Crippen LogP contribution < -0.4 is 4.72 Å². The quantitative estimate of drug-likeness (QED) is 0.687. The van der Waals surface area contributed by atoms with Crippen LogP contribution in [0.1, 0.15) is 5.56 Å². The molecule has 0 atom stereocenters. The zero-order valence-corrected chi connectivity index (χ0v) is 15.6. The van der Waals surface area contributed by atoms with Crippen molar-refractivity contribution in [3.63, 3.8) is 0 Å². The molecule has 9 heteroatoms. The van der Waals surface area contributed by atoms with Crippen molar-refractivity contribution in [2.45, 2.75) is 11.8 Å². The molecule has 1 aromatic heterocycles. The van der Waals surface area contributed by atoms with E-state index >= 15 is 0 Å². The van der Waals surface area contributed by atoms with E-state index < -0.39 is 10.0 Å². The molecule has 0 aliphatic carbocycles. The summed E-state index contributed by atoms with van der Waals surface area (Å²) in [4.78, 5) is 4.03. The van der Waals surface area contributed by atoms with Crippen LogP contribution >= 0.6 is 27.5 Å². The standard InChI is InChI=1S/C15H12BrClN4O2S/c1-10-6-12(3-4-13(10)16)24(22,23)20-14-7-11(17)2-5-15(14)21-9-18-8-19-21/h2-9,20H,1H3. The SMILES string of the molecule is Cc1cc(S(=O)(=O)Nc2cc(Cl)ccc2-n2cncn2)ccc1Br. The summed E-state index contributed by atoms with van der Waals surface area (Å²) >= 11 is 9.37. The minimum Gasteiger partial charge on any atom is -0.277 e. The fourth-order valence-electron chi connectivity index (χ4n) is 2.11. The van der Waals surface area contributed by atoms with E-state index in [9.17, 15) is 8.42 Å². The average molecular weight is 428 g/mol. The van der Waals surface area contributed by atoms with Crippen LogP contribution in [0.2, 0.25) is 5.02 Å². The summed E-state index contributed by atoms with van der Waals surface area (Å²) in [6.45, 7) is 1.82. The molecule has 1 N–H and O–H groups in total. The molecule has 0 saturated heterocycles. The molecule has 24 heavy (non-hydrogen) atoms. The molecule has 0 aliphatic heterocycles. The van der Waals surface area contributed by atoms with Crippen LogP contribution in [0.3, 0.4) is 0 Å². The first-order chi connectivity index (χ1) is 11.4. The highest BCUT2D eigenvalue weighted by Gasteiger charge is 2.18. The van der Waals surface area contributed by atoms with Gasteiger partial charge in [-0.2, -0.15) is 5.10 Å². The molecule has 0 radical (unpaired) electrons. The average Bonchev–Trinajstić information content (AvgIpc) is 3.03. The van der Waals surface area contributed by atoms with Crippen molar-refractivity contribution >= 4 is 43.2 Å². The molecule has 3 rings (SSSR count). The Labute approximate surface area is 152 Å². The number of anilines is 1. The minimum atomic E-state index is -3.77. The van der Waals surface area contributed by atoms with Crippen LogP contribution in [0.5, 0.6) is 0 Å². The van der Waals surface area contributed by atoms with Crippen molar-refractivity contribution in [2.75, 3.05) is 4.72 Å². The van der Waals surface area contributed by atoms with E-state index in [0.29, 0.717) is 16.4 Å². The third-order valence-corrected chi connectivity index (χ3v) is 5.80. The van der Waals surface area contributed by atoms with Crippen molar-refractivity contribution in [1.29, 1.82) is 0 Å². The molecule has 0 amide bonds. The van der Waals surface area contributed by atoms with Crippen LogP contribution in [0.4, 0.5) is 5.69 Å². The molecular weight excluding hydrogens is 416 g/mol. The van der Waals surface area contributed by atoms with Crippen molar-refractivity contribution in [2.24, 2.45) is 0 Å². The number of aromatic nitrogens is 3. The zero-order chi connectivity index (χ0) is 17.3. The van der Waals surface area contributed by atoms with Gasteiger partial charge in [-0.05, 0) is 48.9 Å². The van der Waals surface area contributed by atoms with E-state index in [-0.39, 0.29) is 4.90 Å². The Morgan fingerprint density at radius 2 is 2.00 bits per heavy atom. The molecule has 3 aromatic rings. The van der Waals surface area contributed by atoms with E-state index in [1.54, 1.807) is 24.3 Å². The second-order valence-corrected chi connectivity index (χ2v) is 7.99. The first-order valence-electron chi connectivity index (χ1n) is 6.80. The predicted molar refractivity (Wildman–Crippen MR) is 96.1 cm³/mol. The van der Waals surface area contributed by atoms with Gasteiger partial charge in [-0.15, -0.1) is 0 Å². The third-order valence-electron chi connectivity index (χ3n) is 3.31.